The molecule has 3 aromatic rings. The Morgan fingerprint density at radius 3 is 2.59 bits per heavy atom. The van der Waals surface area contributed by atoms with Gasteiger partial charge in [0.2, 0.25) is 5.91 Å². The van der Waals surface area contributed by atoms with Gasteiger partial charge in [-0.05, 0) is 44.2 Å². The molecule has 0 saturated heterocycles. The number of esters is 1. The molecule has 0 unspecified atom stereocenters. The van der Waals surface area contributed by atoms with E-state index < -0.39 is 24.0 Å². The van der Waals surface area contributed by atoms with Crippen LogP contribution in [0.15, 0.2) is 54.9 Å². The minimum absolute atomic E-state index is 0.266. The Bertz CT molecular complexity index is 1140. The Kier molecular flexibility index (Phi) is 4.46. The fraction of sp³-hybridized carbons (Fsp3) is 0.190. The van der Waals surface area contributed by atoms with Crippen LogP contribution in [0.3, 0.4) is 0 Å². The maximum absolute atomic E-state index is 12.9. The van der Waals surface area contributed by atoms with Gasteiger partial charge in [-0.25, -0.2) is 4.79 Å². The van der Waals surface area contributed by atoms with Crippen LogP contribution in [0.2, 0.25) is 0 Å². The van der Waals surface area contributed by atoms with Crippen LogP contribution in [0.4, 0.5) is 11.4 Å². The molecule has 8 nitrogen and oxygen atoms in total. The Labute approximate surface area is 166 Å². The van der Waals surface area contributed by atoms with Gasteiger partial charge in [0.25, 0.3) is 5.91 Å². The van der Waals surface area contributed by atoms with Crippen molar-refractivity contribution in [2.45, 2.75) is 19.4 Å². The van der Waals surface area contributed by atoms with Crippen LogP contribution in [0.5, 0.6) is 0 Å². The zero-order valence-electron chi connectivity index (χ0n) is 15.9. The van der Waals surface area contributed by atoms with Crippen molar-refractivity contribution in [2.75, 3.05) is 16.8 Å². The molecule has 0 bridgehead atoms. The number of ether oxygens (including phenoxy) is 1. The first-order valence-electron chi connectivity index (χ1n) is 8.99. The number of carbonyl (C=O) groups is 3. The maximum Gasteiger partial charge on any atom is 0.338 e. The van der Waals surface area contributed by atoms with Crippen molar-refractivity contribution in [3.05, 3.63) is 60.4 Å². The monoisotopic (exact) mass is 390 g/mol. The molecule has 1 aliphatic rings. The van der Waals surface area contributed by atoms with E-state index in [0.717, 1.165) is 0 Å². The molecule has 0 saturated carbocycles. The van der Waals surface area contributed by atoms with Crippen molar-refractivity contribution in [1.82, 2.24) is 9.97 Å². The molecule has 1 aromatic heterocycles. The number of amides is 2. The van der Waals surface area contributed by atoms with Crippen LogP contribution in [-0.4, -0.2) is 39.9 Å². The van der Waals surface area contributed by atoms with Gasteiger partial charge in [0.15, 0.2) is 6.61 Å². The van der Waals surface area contributed by atoms with Crippen molar-refractivity contribution in [3.8, 4) is 0 Å². The highest BCUT2D eigenvalue weighted by atomic mass is 16.5. The first-order chi connectivity index (χ1) is 13.9. The number of carbonyl (C=O) groups excluding carboxylic acids is 3. The third-order valence-electron chi connectivity index (χ3n) is 4.79. The second-order valence-corrected chi connectivity index (χ2v) is 7.10. The highest BCUT2D eigenvalue weighted by Crippen LogP contribution is 2.36. The number of hydrogen-bond donors (Lipinski definition) is 1. The first-order valence-corrected chi connectivity index (χ1v) is 8.99. The molecule has 0 aliphatic carbocycles. The van der Waals surface area contributed by atoms with Gasteiger partial charge in [-0.15, -0.1) is 0 Å². The normalized spacial score (nSPS) is 14.8. The van der Waals surface area contributed by atoms with Crippen molar-refractivity contribution in [1.29, 1.82) is 0 Å². The SMILES string of the molecule is CC1(C)C(=O)Nc2ccccc2N1C(=O)COC(=O)c1ccc2nccnc2c1. The minimum atomic E-state index is -1.13. The molecule has 2 aromatic carbocycles. The average molecular weight is 390 g/mol. The topological polar surface area (TPSA) is 101 Å². The number of nitrogens with one attached hydrogen (secondary N) is 1. The molecule has 1 N–H and O–H groups in total. The van der Waals surface area contributed by atoms with E-state index >= 15 is 0 Å². The van der Waals surface area contributed by atoms with E-state index in [1.165, 1.54) is 11.1 Å². The summed E-state index contributed by atoms with van der Waals surface area (Å²) in [5.74, 6) is -1.46. The predicted molar refractivity (Wildman–Crippen MR) is 106 cm³/mol. The Hall–Kier alpha value is -3.81. The summed E-state index contributed by atoms with van der Waals surface area (Å²) >= 11 is 0. The molecule has 4 rings (SSSR count). The molecule has 29 heavy (non-hydrogen) atoms. The number of benzene rings is 2. The van der Waals surface area contributed by atoms with Gasteiger partial charge in [0, 0.05) is 12.4 Å². The highest BCUT2D eigenvalue weighted by molar-refractivity contribution is 6.14. The Morgan fingerprint density at radius 2 is 1.79 bits per heavy atom. The lowest BCUT2D eigenvalue weighted by Gasteiger charge is -2.41. The zero-order chi connectivity index (χ0) is 20.6. The standard InChI is InChI=1S/C21H18N4O4/c1-21(2)20(28)24-15-5-3-4-6-17(15)25(21)18(26)12-29-19(27)13-7-8-14-16(11-13)23-10-9-22-14/h3-11H,12H2,1-2H3,(H,24,28). The fourth-order valence-corrected chi connectivity index (χ4v) is 3.26. The van der Waals surface area contributed by atoms with Gasteiger partial charge < -0.3 is 10.1 Å². The molecular formula is C21H18N4O4. The molecule has 2 heterocycles. The summed E-state index contributed by atoms with van der Waals surface area (Å²) in [6.07, 6.45) is 3.09. The molecule has 0 atom stereocenters. The van der Waals surface area contributed by atoms with Crippen LogP contribution in [0, 0.1) is 0 Å². The van der Waals surface area contributed by atoms with Crippen molar-refractivity contribution < 1.29 is 19.1 Å². The molecule has 0 spiro atoms. The van der Waals surface area contributed by atoms with Gasteiger partial charge in [-0.2, -0.15) is 0 Å². The number of rotatable bonds is 3. The summed E-state index contributed by atoms with van der Waals surface area (Å²) in [6, 6.07) is 11.8. The number of nitrogens with zero attached hydrogens (tertiary/aromatic N) is 3. The number of hydrogen-bond acceptors (Lipinski definition) is 6. The highest BCUT2D eigenvalue weighted by Gasteiger charge is 2.43. The van der Waals surface area contributed by atoms with Crippen molar-refractivity contribution >= 4 is 40.2 Å². The summed E-state index contributed by atoms with van der Waals surface area (Å²) < 4.78 is 5.23. The van der Waals surface area contributed by atoms with Gasteiger partial charge in [0.05, 0.1) is 28.0 Å². The summed E-state index contributed by atoms with van der Waals surface area (Å²) in [4.78, 5) is 47.5. The summed E-state index contributed by atoms with van der Waals surface area (Å²) in [7, 11) is 0. The molecule has 0 fully saturated rings. The first kappa shape index (κ1) is 18.5. The van der Waals surface area contributed by atoms with Gasteiger partial charge in [-0.3, -0.25) is 24.5 Å². The lowest BCUT2D eigenvalue weighted by molar-refractivity contribution is -0.128. The lowest BCUT2D eigenvalue weighted by Crippen LogP contribution is -2.59. The number of para-hydroxylation sites is 2. The fourth-order valence-electron chi connectivity index (χ4n) is 3.26. The molecule has 2 amide bonds. The molecular weight excluding hydrogens is 372 g/mol. The summed E-state index contributed by atoms with van der Waals surface area (Å²) in [5, 5.41) is 2.79. The largest absolute Gasteiger partial charge is 0.452 e. The molecule has 8 heteroatoms. The molecule has 1 aliphatic heterocycles. The average Bonchev–Trinajstić information content (AvgIpc) is 2.72. The summed E-state index contributed by atoms with van der Waals surface area (Å²) in [5.41, 5.74) is 1.43. The second kappa shape index (κ2) is 6.97. The number of anilines is 2. The van der Waals surface area contributed by atoms with Crippen LogP contribution in [-0.2, 0) is 14.3 Å². The van der Waals surface area contributed by atoms with E-state index in [4.69, 9.17) is 4.74 Å². The Balaban J connectivity index is 1.54. The van der Waals surface area contributed by atoms with Gasteiger partial charge in [0.1, 0.15) is 5.54 Å². The molecule has 146 valence electrons. The predicted octanol–water partition coefficient (Wildman–Crippen LogP) is 2.55. The van der Waals surface area contributed by atoms with E-state index in [9.17, 15) is 14.4 Å². The van der Waals surface area contributed by atoms with E-state index in [1.807, 2.05) is 0 Å². The van der Waals surface area contributed by atoms with Crippen LogP contribution < -0.4 is 10.2 Å². The van der Waals surface area contributed by atoms with Gasteiger partial charge >= 0.3 is 5.97 Å². The smallest absolute Gasteiger partial charge is 0.338 e. The lowest BCUT2D eigenvalue weighted by atomic mass is 9.96. The van der Waals surface area contributed by atoms with Crippen molar-refractivity contribution in [3.63, 3.8) is 0 Å². The number of fused-ring (bicyclic) bond motifs is 2. The minimum Gasteiger partial charge on any atom is -0.452 e. The van der Waals surface area contributed by atoms with E-state index in [0.29, 0.717) is 22.4 Å². The van der Waals surface area contributed by atoms with Crippen molar-refractivity contribution in [2.24, 2.45) is 0 Å². The summed E-state index contributed by atoms with van der Waals surface area (Å²) in [6.45, 7) is 2.78. The molecule has 0 radical (unpaired) electrons. The third-order valence-corrected chi connectivity index (χ3v) is 4.79. The number of aromatic nitrogens is 2. The van der Waals surface area contributed by atoms with E-state index in [-0.39, 0.29) is 11.5 Å². The quantitative estimate of drug-likeness (QED) is 0.690. The second-order valence-electron chi connectivity index (χ2n) is 7.10. The van der Waals surface area contributed by atoms with E-state index in [2.05, 4.69) is 15.3 Å². The Morgan fingerprint density at radius 1 is 1.07 bits per heavy atom. The third kappa shape index (κ3) is 3.29. The van der Waals surface area contributed by atoms with E-state index in [1.54, 1.807) is 62.5 Å². The van der Waals surface area contributed by atoms with Gasteiger partial charge in [-0.1, -0.05) is 12.1 Å². The maximum atomic E-state index is 12.9. The van der Waals surface area contributed by atoms with Crippen LogP contribution >= 0.6 is 0 Å². The zero-order valence-corrected chi connectivity index (χ0v) is 15.9. The van der Waals surface area contributed by atoms with Crippen LogP contribution in [0.25, 0.3) is 11.0 Å². The van der Waals surface area contributed by atoms with Crippen LogP contribution in [0.1, 0.15) is 24.2 Å².